The molecule has 2 atom stereocenters. The van der Waals surface area contributed by atoms with Gasteiger partial charge in [-0.3, -0.25) is 14.5 Å². The molecule has 2 fully saturated rings. The van der Waals surface area contributed by atoms with Gasteiger partial charge in [0, 0.05) is 29.8 Å². The average Bonchev–Trinajstić information content (AvgIpc) is 3.54. The molecule has 7 heteroatoms. The predicted octanol–water partition coefficient (Wildman–Crippen LogP) is 5.70. The topological polar surface area (TPSA) is 50.5 Å². The van der Waals surface area contributed by atoms with Crippen LogP contribution < -0.4 is 0 Å². The fraction of sp³-hybridized carbons (Fsp3) is 0.417. The van der Waals surface area contributed by atoms with Crippen molar-refractivity contribution >= 4 is 33.7 Å². The summed E-state index contributed by atoms with van der Waals surface area (Å²) in [5.41, 5.74) is 1.41. The van der Waals surface area contributed by atoms with Crippen molar-refractivity contribution in [3.05, 3.63) is 64.9 Å². The van der Waals surface area contributed by atoms with Gasteiger partial charge in [0.15, 0.2) is 5.78 Å². The number of rotatable bonds is 8. The van der Waals surface area contributed by atoms with Gasteiger partial charge in [0.2, 0.25) is 0 Å². The number of hydrogen-bond acceptors (Lipinski definition) is 6. The van der Waals surface area contributed by atoms with Gasteiger partial charge in [-0.15, -0.1) is 0 Å². The van der Waals surface area contributed by atoms with E-state index in [0.29, 0.717) is 18.7 Å². The molecular weight excluding hydrogens is 433 g/mol. The molecule has 1 aromatic heterocycles. The highest BCUT2D eigenvalue weighted by Gasteiger charge is 2.41. The highest BCUT2D eigenvalue weighted by Crippen LogP contribution is 2.44. The predicted molar refractivity (Wildman–Crippen MR) is 123 cm³/mol. The highest BCUT2D eigenvalue weighted by molar-refractivity contribution is 8.77. The van der Waals surface area contributed by atoms with Gasteiger partial charge in [-0.2, -0.15) is 0 Å². The molecule has 0 amide bonds. The van der Waals surface area contributed by atoms with E-state index in [-0.39, 0.29) is 22.8 Å². The fourth-order valence-electron chi connectivity index (χ4n) is 4.08. The maximum Gasteiger partial charge on any atom is 0.157 e. The van der Waals surface area contributed by atoms with E-state index < -0.39 is 6.04 Å². The average molecular weight is 460 g/mol. The van der Waals surface area contributed by atoms with Crippen LogP contribution in [0.25, 0.3) is 0 Å². The summed E-state index contributed by atoms with van der Waals surface area (Å²) in [4.78, 5) is 27.6. The molecule has 2 aliphatic rings. The molecule has 4 nitrogen and oxygen atoms in total. The van der Waals surface area contributed by atoms with Crippen LogP contribution in [0.5, 0.6) is 0 Å². The monoisotopic (exact) mass is 459 g/mol. The lowest BCUT2D eigenvalue weighted by molar-refractivity contribution is -0.126. The van der Waals surface area contributed by atoms with Gasteiger partial charge in [0.25, 0.3) is 0 Å². The van der Waals surface area contributed by atoms with Gasteiger partial charge < -0.3 is 4.42 Å². The molecular formula is C24H26FNO3S2. The Labute approximate surface area is 190 Å². The number of nitrogens with zero attached hydrogens (tertiary/aromatic N) is 1. The van der Waals surface area contributed by atoms with Crippen LogP contribution in [0.3, 0.4) is 0 Å². The maximum absolute atomic E-state index is 14.6. The van der Waals surface area contributed by atoms with E-state index in [1.165, 1.54) is 6.07 Å². The molecule has 1 aromatic carbocycles. The van der Waals surface area contributed by atoms with E-state index in [4.69, 9.17) is 4.42 Å². The lowest BCUT2D eigenvalue weighted by atomic mass is 9.93. The Hall–Kier alpha value is -1.83. The molecule has 1 saturated carbocycles. The Morgan fingerprint density at radius 1 is 1.26 bits per heavy atom. The number of piperidine rings is 1. The zero-order chi connectivity index (χ0) is 22.0. The number of aldehydes is 1. The van der Waals surface area contributed by atoms with Crippen molar-refractivity contribution in [3.8, 4) is 0 Å². The Morgan fingerprint density at radius 3 is 2.68 bits per heavy atom. The summed E-state index contributed by atoms with van der Waals surface area (Å²) in [6, 6.07) is 7.98. The Kier molecular flexibility index (Phi) is 7.04. The first kappa shape index (κ1) is 22.4. The highest BCUT2D eigenvalue weighted by atomic mass is 33.1. The Morgan fingerprint density at radius 2 is 2.03 bits per heavy atom. The zero-order valence-corrected chi connectivity index (χ0v) is 19.3. The lowest BCUT2D eigenvalue weighted by Gasteiger charge is -2.38. The van der Waals surface area contributed by atoms with Crippen molar-refractivity contribution in [2.45, 2.75) is 49.3 Å². The zero-order valence-electron chi connectivity index (χ0n) is 17.7. The molecule has 31 heavy (non-hydrogen) atoms. The third kappa shape index (κ3) is 5.16. The van der Waals surface area contributed by atoms with E-state index >= 15 is 0 Å². The number of carbonyl (C=O) groups is 2. The Bertz CT molecular complexity index is 998. The molecule has 0 N–H and O–H groups in total. The molecule has 2 aromatic rings. The second kappa shape index (κ2) is 9.76. The number of hydrogen-bond donors (Lipinski definition) is 0. The van der Waals surface area contributed by atoms with E-state index in [2.05, 4.69) is 0 Å². The summed E-state index contributed by atoms with van der Waals surface area (Å²) in [6.07, 6.45) is 4.97. The van der Waals surface area contributed by atoms with Gasteiger partial charge in [-0.05, 0) is 56.9 Å². The number of carbonyl (C=O) groups excluding carboxylic acids is 2. The minimum Gasteiger partial charge on any atom is -0.465 e. The number of aryl methyl sites for hydroxylation is 2. The van der Waals surface area contributed by atoms with Crippen LogP contribution in [-0.4, -0.2) is 35.3 Å². The van der Waals surface area contributed by atoms with E-state index in [0.717, 1.165) is 47.5 Å². The Balaban J connectivity index is 1.52. The molecule has 164 valence electrons. The summed E-state index contributed by atoms with van der Waals surface area (Å²) in [5, 5.41) is 0.151. The summed E-state index contributed by atoms with van der Waals surface area (Å²) in [5.74, 6) is 1.55. The second-order valence-corrected chi connectivity index (χ2v) is 10.6. The molecule has 2 heterocycles. The first-order valence-electron chi connectivity index (χ1n) is 10.5. The molecule has 1 saturated heterocycles. The van der Waals surface area contributed by atoms with Gasteiger partial charge in [-0.25, -0.2) is 4.39 Å². The molecule has 0 spiro atoms. The minimum atomic E-state index is -0.596. The van der Waals surface area contributed by atoms with E-state index in [1.807, 2.05) is 24.8 Å². The second-order valence-electron chi connectivity index (χ2n) is 8.18. The summed E-state index contributed by atoms with van der Waals surface area (Å²) >= 11 is 0. The van der Waals surface area contributed by atoms with Crippen LogP contribution in [0, 0.1) is 25.6 Å². The minimum absolute atomic E-state index is 0.0260. The van der Waals surface area contributed by atoms with Gasteiger partial charge in [0.1, 0.15) is 23.6 Å². The van der Waals surface area contributed by atoms with Crippen molar-refractivity contribution in [1.82, 2.24) is 4.90 Å². The van der Waals surface area contributed by atoms with E-state index in [9.17, 15) is 14.0 Å². The third-order valence-corrected chi connectivity index (χ3v) is 8.80. The van der Waals surface area contributed by atoms with Crippen LogP contribution in [0.15, 0.2) is 51.3 Å². The molecule has 1 aliphatic heterocycles. The van der Waals surface area contributed by atoms with Crippen LogP contribution >= 0.6 is 21.6 Å². The largest absolute Gasteiger partial charge is 0.465 e. The van der Waals surface area contributed by atoms with Crippen LogP contribution in [0.1, 0.15) is 42.4 Å². The van der Waals surface area contributed by atoms with Gasteiger partial charge in [-0.1, -0.05) is 39.8 Å². The first-order valence-corrected chi connectivity index (χ1v) is 12.8. The number of likely N-dealkylation sites (tertiary alicyclic amines) is 1. The summed E-state index contributed by atoms with van der Waals surface area (Å²) < 4.78 is 20.2. The number of ketones is 1. The van der Waals surface area contributed by atoms with Crippen LogP contribution in [0.2, 0.25) is 0 Å². The molecule has 0 radical (unpaired) electrons. The van der Waals surface area contributed by atoms with Crippen LogP contribution in [-0.2, 0) is 9.59 Å². The molecule has 4 rings (SSSR count). The van der Waals surface area contributed by atoms with Crippen molar-refractivity contribution < 1.29 is 18.4 Å². The number of allylic oxidation sites excluding steroid dienone is 1. The number of Topliss-reactive ketones (excluding diaryl/α,β-unsaturated/α-hetero) is 1. The van der Waals surface area contributed by atoms with Gasteiger partial charge in [0.05, 0.1) is 10.9 Å². The fourth-order valence-corrected chi connectivity index (χ4v) is 6.97. The lowest BCUT2D eigenvalue weighted by Crippen LogP contribution is -2.43. The van der Waals surface area contributed by atoms with Crippen molar-refractivity contribution in [1.29, 1.82) is 0 Å². The number of halogens is 1. The molecule has 1 aliphatic carbocycles. The molecule has 0 bridgehead atoms. The van der Waals surface area contributed by atoms with Crippen molar-refractivity contribution in [2.24, 2.45) is 5.92 Å². The normalized spacial score (nSPS) is 21.9. The smallest absolute Gasteiger partial charge is 0.157 e. The summed E-state index contributed by atoms with van der Waals surface area (Å²) in [7, 11) is 3.36. The van der Waals surface area contributed by atoms with Crippen molar-refractivity contribution in [2.75, 3.05) is 13.1 Å². The van der Waals surface area contributed by atoms with Crippen molar-refractivity contribution in [3.63, 3.8) is 0 Å². The maximum atomic E-state index is 14.6. The van der Waals surface area contributed by atoms with Crippen LogP contribution in [0.4, 0.5) is 4.39 Å². The van der Waals surface area contributed by atoms with E-state index in [1.54, 1.807) is 45.9 Å². The first-order chi connectivity index (χ1) is 15.0. The molecule has 2 unspecified atom stereocenters. The standard InChI is InChI=1S/C24H26FNO3S2/c1-15-13-22(16(2)29-15)31-30-21-9-11-26(14-18(21)10-12-27)23(24(28)17-7-8-17)19-5-3-4-6-20(19)25/h3-6,10,12-13,17,21,23H,7-9,11,14H2,1-2H3/b18-10-. The number of furan rings is 1. The quantitative estimate of drug-likeness (QED) is 0.287. The van der Waals surface area contributed by atoms with Gasteiger partial charge >= 0.3 is 0 Å². The number of benzene rings is 1. The summed E-state index contributed by atoms with van der Waals surface area (Å²) in [6.45, 7) is 5.04. The third-order valence-electron chi connectivity index (χ3n) is 5.82. The SMILES string of the molecule is Cc1cc(SSC2CCN(C(C(=O)C3CC3)c3ccccc3F)C/C2=C/C=O)c(C)o1.